The van der Waals surface area contributed by atoms with Gasteiger partial charge in [-0.3, -0.25) is 13.9 Å². The second-order valence-corrected chi connectivity index (χ2v) is 10.4. The largest absolute Gasteiger partial charge is 0.497 e. The number of aromatic nitrogens is 2. The van der Waals surface area contributed by atoms with Crippen molar-refractivity contribution in [2.24, 2.45) is 14.1 Å². The lowest BCUT2D eigenvalue weighted by atomic mass is 9.92. The van der Waals surface area contributed by atoms with E-state index in [-0.39, 0.29) is 22.0 Å². The predicted octanol–water partition coefficient (Wildman–Crippen LogP) is 4.36. The van der Waals surface area contributed by atoms with Gasteiger partial charge in [-0.15, -0.1) is 0 Å². The summed E-state index contributed by atoms with van der Waals surface area (Å²) in [5.41, 5.74) is 3.52. The molecule has 0 fully saturated rings. The van der Waals surface area contributed by atoms with Crippen LogP contribution in [0.25, 0.3) is 11.0 Å². The highest BCUT2D eigenvalue weighted by Gasteiger charge is 2.22. The molecule has 0 spiro atoms. The van der Waals surface area contributed by atoms with Gasteiger partial charge in [0, 0.05) is 20.2 Å². The minimum atomic E-state index is -3.90. The van der Waals surface area contributed by atoms with Crippen LogP contribution in [-0.2, 0) is 37.0 Å². The highest BCUT2D eigenvalue weighted by Crippen LogP contribution is 2.36. The number of ether oxygens (including phenoxy) is 2. The number of benzene rings is 3. The fraction of sp³-hybridized carbons (Fsp3) is 0.269. The molecule has 1 aromatic heterocycles. The third-order valence-electron chi connectivity index (χ3n) is 6.54. The molecule has 0 radical (unpaired) electrons. The lowest BCUT2D eigenvalue weighted by Crippen LogP contribution is -2.19. The fourth-order valence-electron chi connectivity index (χ4n) is 4.54. The van der Waals surface area contributed by atoms with Crippen molar-refractivity contribution in [1.29, 1.82) is 0 Å². The van der Waals surface area contributed by atoms with Gasteiger partial charge in [-0.2, -0.15) is 0 Å². The Morgan fingerprint density at radius 1 is 0.829 bits per heavy atom. The van der Waals surface area contributed by atoms with Crippen LogP contribution in [0.15, 0.2) is 64.3 Å². The van der Waals surface area contributed by atoms with Crippen LogP contribution in [0, 0.1) is 0 Å². The molecule has 0 bridgehead atoms. The first-order valence-corrected chi connectivity index (χ1v) is 12.9. The van der Waals surface area contributed by atoms with Gasteiger partial charge in [-0.25, -0.2) is 13.2 Å². The number of methoxy groups -OCH3 is 1. The zero-order valence-electron chi connectivity index (χ0n) is 19.9. The van der Waals surface area contributed by atoms with Gasteiger partial charge in [0.1, 0.15) is 11.5 Å². The van der Waals surface area contributed by atoms with Crippen LogP contribution < -0.4 is 19.9 Å². The summed E-state index contributed by atoms with van der Waals surface area (Å²) in [6, 6.07) is 15.6. The van der Waals surface area contributed by atoms with Crippen molar-refractivity contribution in [1.82, 2.24) is 9.13 Å². The summed E-state index contributed by atoms with van der Waals surface area (Å²) in [5, 5.41) is 0. The van der Waals surface area contributed by atoms with Crippen molar-refractivity contribution in [3.05, 3.63) is 76.2 Å². The quantitative estimate of drug-likeness (QED) is 0.431. The number of hydrogen-bond donors (Lipinski definition) is 1. The van der Waals surface area contributed by atoms with Crippen LogP contribution in [0.2, 0.25) is 0 Å². The second kappa shape index (κ2) is 8.81. The minimum Gasteiger partial charge on any atom is -0.497 e. The van der Waals surface area contributed by atoms with Gasteiger partial charge < -0.3 is 9.47 Å². The van der Waals surface area contributed by atoms with Gasteiger partial charge in [-0.1, -0.05) is 6.07 Å². The van der Waals surface area contributed by atoms with Crippen LogP contribution in [0.3, 0.4) is 0 Å². The molecule has 9 heteroatoms. The van der Waals surface area contributed by atoms with Crippen molar-refractivity contribution >= 4 is 26.7 Å². The summed E-state index contributed by atoms with van der Waals surface area (Å²) in [4.78, 5) is 12.7. The van der Waals surface area contributed by atoms with Crippen LogP contribution in [-0.4, -0.2) is 24.7 Å². The van der Waals surface area contributed by atoms with Gasteiger partial charge >= 0.3 is 5.69 Å². The molecule has 0 aliphatic heterocycles. The molecule has 0 saturated carbocycles. The average molecular weight is 494 g/mol. The number of nitrogens with one attached hydrogen (secondary N) is 1. The Morgan fingerprint density at radius 3 is 2.14 bits per heavy atom. The zero-order valence-corrected chi connectivity index (χ0v) is 20.7. The maximum absolute atomic E-state index is 13.4. The molecule has 0 unspecified atom stereocenters. The van der Waals surface area contributed by atoms with Gasteiger partial charge in [-0.05, 0) is 79.3 Å². The van der Waals surface area contributed by atoms with Gasteiger partial charge in [0.15, 0.2) is 5.75 Å². The summed E-state index contributed by atoms with van der Waals surface area (Å²) in [6.07, 6.45) is 4.03. The molecular weight excluding hydrogens is 466 g/mol. The minimum absolute atomic E-state index is 0.204. The molecule has 35 heavy (non-hydrogen) atoms. The number of fused-ring (bicyclic) bond motifs is 2. The summed E-state index contributed by atoms with van der Waals surface area (Å²) < 4.78 is 43.8. The third kappa shape index (κ3) is 4.27. The van der Waals surface area contributed by atoms with Crippen molar-refractivity contribution < 1.29 is 17.9 Å². The monoisotopic (exact) mass is 493 g/mol. The van der Waals surface area contributed by atoms with Crippen LogP contribution in [0.4, 0.5) is 5.69 Å². The van der Waals surface area contributed by atoms with Crippen molar-refractivity contribution in [3.8, 4) is 17.2 Å². The van der Waals surface area contributed by atoms with Crippen LogP contribution in [0.5, 0.6) is 17.2 Å². The normalized spacial score (nSPS) is 13.5. The highest BCUT2D eigenvalue weighted by atomic mass is 32.2. The van der Waals surface area contributed by atoms with Gasteiger partial charge in [0.05, 0.1) is 28.7 Å². The number of hydrogen-bond acceptors (Lipinski definition) is 5. The van der Waals surface area contributed by atoms with E-state index in [1.54, 1.807) is 69.7 Å². The Kier molecular flexibility index (Phi) is 5.80. The molecule has 4 aromatic rings. The van der Waals surface area contributed by atoms with Crippen molar-refractivity contribution in [2.45, 2.75) is 30.6 Å². The molecule has 1 N–H and O–H groups in total. The molecule has 5 rings (SSSR count). The summed E-state index contributed by atoms with van der Waals surface area (Å²) >= 11 is 0. The number of imidazole rings is 1. The van der Waals surface area contributed by atoms with E-state index >= 15 is 0 Å². The maximum atomic E-state index is 13.4. The smallest absolute Gasteiger partial charge is 0.328 e. The van der Waals surface area contributed by atoms with E-state index in [0.717, 1.165) is 31.2 Å². The molecule has 0 atom stereocenters. The third-order valence-corrected chi connectivity index (χ3v) is 7.90. The summed E-state index contributed by atoms with van der Waals surface area (Å²) in [5.74, 6) is 1.46. The molecule has 1 aliphatic carbocycles. The predicted molar refractivity (Wildman–Crippen MR) is 135 cm³/mol. The molecule has 1 heterocycles. The average Bonchev–Trinajstić information content (AvgIpc) is 3.07. The van der Waals surface area contributed by atoms with E-state index in [1.807, 2.05) is 6.07 Å². The first-order valence-electron chi connectivity index (χ1n) is 11.4. The lowest BCUT2D eigenvalue weighted by Gasteiger charge is -2.18. The van der Waals surface area contributed by atoms with Crippen molar-refractivity contribution in [3.63, 3.8) is 0 Å². The topological polar surface area (TPSA) is 91.6 Å². The molecule has 0 amide bonds. The van der Waals surface area contributed by atoms with Gasteiger partial charge in [0.25, 0.3) is 10.0 Å². The van der Waals surface area contributed by atoms with Crippen molar-refractivity contribution in [2.75, 3.05) is 11.8 Å². The van der Waals surface area contributed by atoms with Gasteiger partial charge in [0.2, 0.25) is 0 Å². The molecule has 1 aliphatic rings. The Bertz CT molecular complexity index is 1580. The molecule has 8 nitrogen and oxygen atoms in total. The standard InChI is InChI=1S/C26H27N3O5S/c1-28-23-15-22(27-35(31,32)21-13-8-17-6-4-5-7-18(17)14-21)25(16-24(23)29(2)26(28)30)34-20-11-9-19(33-3)10-12-20/h8-16,27H,4-7H2,1-3H3. The van der Waals surface area contributed by atoms with E-state index < -0.39 is 10.0 Å². The molecule has 0 saturated heterocycles. The Morgan fingerprint density at radius 2 is 1.46 bits per heavy atom. The summed E-state index contributed by atoms with van der Waals surface area (Å²) in [6.45, 7) is 0. The lowest BCUT2D eigenvalue weighted by molar-refractivity contribution is 0.413. The van der Waals surface area contributed by atoms with E-state index in [4.69, 9.17) is 9.47 Å². The number of aryl methyl sites for hydroxylation is 4. The first-order chi connectivity index (χ1) is 16.8. The van der Waals surface area contributed by atoms with Crippen LogP contribution in [0.1, 0.15) is 24.0 Å². The van der Waals surface area contributed by atoms with E-state index in [9.17, 15) is 13.2 Å². The number of sulfonamides is 1. The molecular formula is C26H27N3O5S. The molecule has 182 valence electrons. The van der Waals surface area contributed by atoms with Crippen LogP contribution >= 0.6 is 0 Å². The zero-order chi connectivity index (χ0) is 24.7. The fourth-order valence-corrected chi connectivity index (χ4v) is 5.65. The maximum Gasteiger partial charge on any atom is 0.328 e. The number of anilines is 1. The van der Waals surface area contributed by atoms with E-state index in [2.05, 4.69) is 4.72 Å². The second-order valence-electron chi connectivity index (χ2n) is 8.76. The Balaban J connectivity index is 1.58. The first kappa shape index (κ1) is 23.0. The number of rotatable bonds is 6. The number of nitrogens with zero attached hydrogens (tertiary/aromatic N) is 2. The SMILES string of the molecule is COc1ccc(Oc2cc3c(cc2NS(=O)(=O)c2ccc4c(c2)CCCC4)n(C)c(=O)n3C)cc1. The molecule has 3 aromatic carbocycles. The Labute approximate surface area is 203 Å². The highest BCUT2D eigenvalue weighted by molar-refractivity contribution is 7.92. The Hall–Kier alpha value is -3.72. The van der Waals surface area contributed by atoms with E-state index in [1.165, 1.54) is 14.7 Å². The summed E-state index contributed by atoms with van der Waals surface area (Å²) in [7, 11) is 0.990. The van der Waals surface area contributed by atoms with E-state index in [0.29, 0.717) is 22.5 Å².